The van der Waals surface area contributed by atoms with Gasteiger partial charge in [0.25, 0.3) is 5.91 Å². The number of halogens is 1. The standard InChI is InChI=1S/C23H27FN4O2/c1-16-4-2-11-28(15-16)12-3-10-25-23(29)20-14-21-19(9-13-30-21)22(27-20)26-18-7-5-17(24)6-8-18/h5-9,13-14,16H,2-4,10-12,15H2,1H3,(H,25,29)(H,26,27). The van der Waals surface area contributed by atoms with Crippen LogP contribution in [0.2, 0.25) is 0 Å². The van der Waals surface area contributed by atoms with Crippen molar-refractivity contribution in [3.05, 3.63) is 54.2 Å². The molecule has 0 radical (unpaired) electrons. The summed E-state index contributed by atoms with van der Waals surface area (Å²) >= 11 is 0. The molecule has 2 aromatic heterocycles. The van der Waals surface area contributed by atoms with Crippen molar-refractivity contribution >= 4 is 28.4 Å². The number of anilines is 2. The first-order valence-corrected chi connectivity index (χ1v) is 10.5. The third-order valence-corrected chi connectivity index (χ3v) is 5.47. The number of aromatic nitrogens is 1. The van der Waals surface area contributed by atoms with Gasteiger partial charge in [0.05, 0.1) is 11.6 Å². The number of carbonyl (C=O) groups excluding carboxylic acids is 1. The summed E-state index contributed by atoms with van der Waals surface area (Å²) in [5, 5.41) is 6.86. The van der Waals surface area contributed by atoms with E-state index in [9.17, 15) is 9.18 Å². The maximum atomic E-state index is 13.2. The third kappa shape index (κ3) is 4.97. The monoisotopic (exact) mass is 410 g/mol. The van der Waals surface area contributed by atoms with Crippen LogP contribution in [0.5, 0.6) is 0 Å². The number of nitrogens with one attached hydrogen (secondary N) is 2. The van der Waals surface area contributed by atoms with E-state index in [4.69, 9.17) is 4.42 Å². The minimum atomic E-state index is -0.311. The number of nitrogens with zero attached hydrogens (tertiary/aromatic N) is 2. The molecule has 0 aliphatic carbocycles. The van der Waals surface area contributed by atoms with E-state index < -0.39 is 0 Å². The van der Waals surface area contributed by atoms with Crippen LogP contribution in [0.15, 0.2) is 47.1 Å². The van der Waals surface area contributed by atoms with E-state index >= 15 is 0 Å². The molecule has 3 heterocycles. The Bertz CT molecular complexity index is 1000. The van der Waals surface area contributed by atoms with Crippen molar-refractivity contribution in [1.29, 1.82) is 0 Å². The van der Waals surface area contributed by atoms with Crippen LogP contribution in [0.4, 0.5) is 15.9 Å². The first kappa shape index (κ1) is 20.3. The van der Waals surface area contributed by atoms with Crippen molar-refractivity contribution < 1.29 is 13.6 Å². The van der Waals surface area contributed by atoms with Crippen LogP contribution in [0.1, 0.15) is 36.7 Å². The van der Waals surface area contributed by atoms with E-state index in [2.05, 4.69) is 27.4 Å². The van der Waals surface area contributed by atoms with Crippen LogP contribution < -0.4 is 10.6 Å². The summed E-state index contributed by atoms with van der Waals surface area (Å²) in [5.41, 5.74) is 1.54. The maximum Gasteiger partial charge on any atom is 0.270 e. The average Bonchev–Trinajstić information content (AvgIpc) is 3.22. The molecule has 1 atom stereocenters. The van der Waals surface area contributed by atoms with Crippen molar-refractivity contribution in [1.82, 2.24) is 15.2 Å². The van der Waals surface area contributed by atoms with Crippen molar-refractivity contribution in [2.45, 2.75) is 26.2 Å². The second kappa shape index (κ2) is 9.26. The Morgan fingerprint density at radius 3 is 2.93 bits per heavy atom. The molecule has 1 amide bonds. The Balaban J connectivity index is 1.39. The molecule has 1 fully saturated rings. The Kier molecular flexibility index (Phi) is 6.28. The van der Waals surface area contributed by atoms with Gasteiger partial charge in [-0.25, -0.2) is 9.37 Å². The van der Waals surface area contributed by atoms with Gasteiger partial charge in [0.1, 0.15) is 22.9 Å². The molecule has 0 saturated carbocycles. The zero-order valence-corrected chi connectivity index (χ0v) is 17.2. The minimum absolute atomic E-state index is 0.234. The van der Waals surface area contributed by atoms with E-state index in [1.54, 1.807) is 30.5 Å². The van der Waals surface area contributed by atoms with Crippen LogP contribution in [0, 0.1) is 11.7 Å². The van der Waals surface area contributed by atoms with Crippen LogP contribution in [0.3, 0.4) is 0 Å². The summed E-state index contributed by atoms with van der Waals surface area (Å²) in [6.45, 7) is 6.17. The van der Waals surface area contributed by atoms with Gasteiger partial charge in [0.2, 0.25) is 0 Å². The molecular formula is C23H27FN4O2. The Morgan fingerprint density at radius 2 is 2.13 bits per heavy atom. The number of hydrogen-bond acceptors (Lipinski definition) is 5. The van der Waals surface area contributed by atoms with Gasteiger partial charge < -0.3 is 20.0 Å². The fourth-order valence-electron chi connectivity index (χ4n) is 3.93. The van der Waals surface area contributed by atoms with Gasteiger partial charge in [-0.3, -0.25) is 4.79 Å². The summed E-state index contributed by atoms with van der Waals surface area (Å²) in [4.78, 5) is 19.6. The predicted molar refractivity (Wildman–Crippen MR) is 115 cm³/mol. The smallest absolute Gasteiger partial charge is 0.270 e. The summed E-state index contributed by atoms with van der Waals surface area (Å²) in [6.07, 6.45) is 5.03. The second-order valence-electron chi connectivity index (χ2n) is 7.98. The van der Waals surface area contributed by atoms with Gasteiger partial charge >= 0.3 is 0 Å². The lowest BCUT2D eigenvalue weighted by atomic mass is 10.0. The highest BCUT2D eigenvalue weighted by Crippen LogP contribution is 2.26. The largest absolute Gasteiger partial charge is 0.464 e. The highest BCUT2D eigenvalue weighted by atomic mass is 19.1. The van der Waals surface area contributed by atoms with Gasteiger partial charge in [-0.15, -0.1) is 0 Å². The average molecular weight is 410 g/mol. The predicted octanol–water partition coefficient (Wildman–Crippen LogP) is 4.56. The van der Waals surface area contributed by atoms with E-state index in [0.717, 1.165) is 37.4 Å². The molecule has 4 rings (SSSR count). The van der Waals surface area contributed by atoms with Crippen molar-refractivity contribution in [3.8, 4) is 0 Å². The van der Waals surface area contributed by atoms with E-state index in [1.807, 2.05) is 0 Å². The van der Waals surface area contributed by atoms with E-state index in [0.29, 0.717) is 23.6 Å². The lowest BCUT2D eigenvalue weighted by Gasteiger charge is -2.30. The third-order valence-electron chi connectivity index (χ3n) is 5.47. The molecule has 6 nitrogen and oxygen atoms in total. The van der Waals surface area contributed by atoms with Gasteiger partial charge in [-0.1, -0.05) is 6.92 Å². The van der Waals surface area contributed by atoms with Gasteiger partial charge in [-0.2, -0.15) is 0 Å². The first-order chi connectivity index (χ1) is 14.6. The Labute approximate surface area is 175 Å². The molecule has 0 spiro atoms. The van der Waals surface area contributed by atoms with Crippen molar-refractivity contribution in [3.63, 3.8) is 0 Å². The number of hydrogen-bond donors (Lipinski definition) is 2. The summed E-state index contributed by atoms with van der Waals surface area (Å²) in [5.74, 6) is 0.710. The Hall–Kier alpha value is -2.93. The fraction of sp³-hybridized carbons (Fsp3) is 0.391. The molecule has 0 bridgehead atoms. The van der Waals surface area contributed by atoms with Crippen LogP contribution in [-0.4, -0.2) is 42.0 Å². The fourth-order valence-corrected chi connectivity index (χ4v) is 3.93. The normalized spacial score (nSPS) is 17.2. The summed E-state index contributed by atoms with van der Waals surface area (Å²) in [6, 6.07) is 9.42. The van der Waals surface area contributed by atoms with Crippen LogP contribution in [-0.2, 0) is 0 Å². The topological polar surface area (TPSA) is 70.4 Å². The molecule has 158 valence electrons. The summed E-state index contributed by atoms with van der Waals surface area (Å²) < 4.78 is 18.7. The van der Waals surface area contributed by atoms with E-state index in [-0.39, 0.29) is 17.4 Å². The Morgan fingerprint density at radius 1 is 1.30 bits per heavy atom. The molecule has 7 heteroatoms. The number of piperidine rings is 1. The molecule has 30 heavy (non-hydrogen) atoms. The number of fused-ring (bicyclic) bond motifs is 1. The number of likely N-dealkylation sites (tertiary alicyclic amines) is 1. The van der Waals surface area contributed by atoms with Crippen LogP contribution >= 0.6 is 0 Å². The van der Waals surface area contributed by atoms with Crippen molar-refractivity contribution in [2.24, 2.45) is 5.92 Å². The number of furan rings is 1. The summed E-state index contributed by atoms with van der Waals surface area (Å²) in [7, 11) is 0. The van der Waals surface area contributed by atoms with Crippen molar-refractivity contribution in [2.75, 3.05) is 31.5 Å². The molecule has 2 N–H and O–H groups in total. The maximum absolute atomic E-state index is 13.2. The van der Waals surface area contributed by atoms with E-state index in [1.165, 1.54) is 25.0 Å². The quantitative estimate of drug-likeness (QED) is 0.559. The SMILES string of the molecule is CC1CCCN(CCCNC(=O)c2cc3occc3c(Nc3ccc(F)cc3)n2)C1. The molecule has 1 aliphatic heterocycles. The molecular weight excluding hydrogens is 383 g/mol. The second-order valence-corrected chi connectivity index (χ2v) is 7.98. The number of benzene rings is 1. The lowest BCUT2D eigenvalue weighted by Crippen LogP contribution is -2.36. The minimum Gasteiger partial charge on any atom is -0.464 e. The molecule has 1 saturated heterocycles. The molecule has 1 aliphatic rings. The first-order valence-electron chi connectivity index (χ1n) is 10.5. The highest BCUT2D eigenvalue weighted by molar-refractivity contribution is 5.99. The molecule has 1 aromatic carbocycles. The number of pyridine rings is 1. The van der Waals surface area contributed by atoms with Crippen LogP contribution in [0.25, 0.3) is 11.0 Å². The number of amides is 1. The zero-order chi connectivity index (χ0) is 20.9. The molecule has 1 unspecified atom stereocenters. The molecule has 3 aromatic rings. The zero-order valence-electron chi connectivity index (χ0n) is 17.2. The number of carbonyl (C=O) groups is 1. The highest BCUT2D eigenvalue weighted by Gasteiger charge is 2.17. The lowest BCUT2D eigenvalue weighted by molar-refractivity contribution is 0.0945. The van der Waals surface area contributed by atoms with Gasteiger partial charge in [0.15, 0.2) is 0 Å². The number of rotatable bonds is 7. The van der Waals surface area contributed by atoms with Gasteiger partial charge in [0, 0.05) is 24.8 Å². The van der Waals surface area contributed by atoms with Gasteiger partial charge in [-0.05, 0) is 68.6 Å².